The van der Waals surface area contributed by atoms with Crippen molar-refractivity contribution in [3.63, 3.8) is 0 Å². The lowest BCUT2D eigenvalue weighted by atomic mass is 10.1. The average Bonchev–Trinajstić information content (AvgIpc) is 2.58. The molecule has 28 heavy (non-hydrogen) atoms. The number of hydrogen-bond acceptors (Lipinski definition) is 5. The lowest BCUT2D eigenvalue weighted by Crippen LogP contribution is -2.57. The van der Waals surface area contributed by atoms with Crippen molar-refractivity contribution >= 4 is 17.8 Å². The maximum atomic E-state index is 12.1. The minimum absolute atomic E-state index is 0.0900. The summed E-state index contributed by atoms with van der Waals surface area (Å²) in [4.78, 5) is 29.8. The summed E-state index contributed by atoms with van der Waals surface area (Å²) in [5.74, 6) is 0.937. The zero-order chi connectivity index (χ0) is 20.1. The first-order valence-corrected chi connectivity index (χ1v) is 9.23. The number of pyridine rings is 1. The van der Waals surface area contributed by atoms with Gasteiger partial charge in [-0.2, -0.15) is 0 Å². The van der Waals surface area contributed by atoms with Crippen LogP contribution in [-0.4, -0.2) is 46.7 Å². The van der Waals surface area contributed by atoms with Gasteiger partial charge >= 0.3 is 6.09 Å². The Morgan fingerprint density at radius 2 is 1.86 bits per heavy atom. The third-order valence-corrected chi connectivity index (χ3v) is 4.01. The third-order valence-electron chi connectivity index (χ3n) is 4.01. The zero-order valence-electron chi connectivity index (χ0n) is 16.3. The van der Waals surface area contributed by atoms with E-state index in [2.05, 4.69) is 10.3 Å². The van der Waals surface area contributed by atoms with Gasteiger partial charge in [0.15, 0.2) is 0 Å². The number of carbonyl (C=O) groups is 2. The van der Waals surface area contributed by atoms with Crippen LogP contribution in [0.4, 0.5) is 10.6 Å². The van der Waals surface area contributed by atoms with Gasteiger partial charge in [-0.25, -0.2) is 9.78 Å². The predicted octanol–water partition coefficient (Wildman–Crippen LogP) is 3.26. The van der Waals surface area contributed by atoms with Crippen molar-refractivity contribution in [1.82, 2.24) is 9.88 Å². The fourth-order valence-corrected chi connectivity index (χ4v) is 2.67. The summed E-state index contributed by atoms with van der Waals surface area (Å²) in [7, 11) is 0. The number of hydrogen-bond donors (Lipinski definition) is 1. The second kappa shape index (κ2) is 8.29. The van der Waals surface area contributed by atoms with Crippen LogP contribution < -0.4 is 10.1 Å². The number of nitrogens with one attached hydrogen (secondary N) is 1. The summed E-state index contributed by atoms with van der Waals surface area (Å²) >= 11 is 0. The highest BCUT2D eigenvalue weighted by Crippen LogP contribution is 2.21. The molecule has 1 fully saturated rings. The monoisotopic (exact) mass is 383 g/mol. The smallest absolute Gasteiger partial charge is 0.410 e. The number of rotatable bonds is 5. The molecule has 0 aliphatic carbocycles. The molecule has 7 nitrogen and oxygen atoms in total. The molecule has 0 saturated carbocycles. The molecule has 148 valence electrons. The zero-order valence-corrected chi connectivity index (χ0v) is 16.3. The Bertz CT molecular complexity index is 810. The van der Waals surface area contributed by atoms with Crippen LogP contribution in [0, 0.1) is 0 Å². The van der Waals surface area contributed by atoms with Crippen LogP contribution in [0.2, 0.25) is 0 Å². The van der Waals surface area contributed by atoms with Crippen molar-refractivity contribution in [2.45, 2.75) is 38.9 Å². The van der Waals surface area contributed by atoms with Gasteiger partial charge in [0.25, 0.3) is 0 Å². The number of carbonyl (C=O) groups excluding carboxylic acids is 2. The molecule has 1 aliphatic rings. The highest BCUT2D eigenvalue weighted by Gasteiger charge is 2.35. The van der Waals surface area contributed by atoms with Gasteiger partial charge in [0.2, 0.25) is 5.91 Å². The summed E-state index contributed by atoms with van der Waals surface area (Å²) in [6.07, 6.45) is 1.44. The Hall–Kier alpha value is -3.09. The van der Waals surface area contributed by atoms with Crippen molar-refractivity contribution in [3.8, 4) is 5.75 Å². The van der Waals surface area contributed by atoms with E-state index >= 15 is 0 Å². The Morgan fingerprint density at radius 1 is 1.14 bits per heavy atom. The number of aromatic nitrogens is 1. The lowest BCUT2D eigenvalue weighted by Gasteiger charge is -2.39. The summed E-state index contributed by atoms with van der Waals surface area (Å²) in [5, 5.41) is 2.77. The first-order chi connectivity index (χ1) is 13.3. The summed E-state index contributed by atoms with van der Waals surface area (Å²) in [5.41, 5.74) is 0.438. The number of nitrogens with zero attached hydrogens (tertiary/aromatic N) is 2. The highest BCUT2D eigenvalue weighted by molar-refractivity contribution is 5.91. The number of anilines is 1. The van der Waals surface area contributed by atoms with Gasteiger partial charge in [-0.3, -0.25) is 4.79 Å². The topological polar surface area (TPSA) is 80.8 Å². The van der Waals surface area contributed by atoms with Crippen LogP contribution in [0.5, 0.6) is 5.75 Å². The molecular weight excluding hydrogens is 358 g/mol. The molecule has 2 heterocycles. The quantitative estimate of drug-likeness (QED) is 0.857. The van der Waals surface area contributed by atoms with Gasteiger partial charge < -0.3 is 19.7 Å². The number of likely N-dealkylation sites (tertiary alicyclic amines) is 1. The lowest BCUT2D eigenvalue weighted by molar-refractivity contribution is -0.115. The first-order valence-electron chi connectivity index (χ1n) is 9.23. The molecule has 1 aromatic heterocycles. The van der Waals surface area contributed by atoms with E-state index in [-0.39, 0.29) is 18.1 Å². The maximum absolute atomic E-state index is 12.1. The molecule has 1 aliphatic heterocycles. The maximum Gasteiger partial charge on any atom is 0.410 e. The molecule has 2 amide bonds. The van der Waals surface area contributed by atoms with Crippen LogP contribution in [0.15, 0.2) is 48.7 Å². The van der Waals surface area contributed by atoms with Crippen molar-refractivity contribution in [1.29, 1.82) is 0 Å². The van der Waals surface area contributed by atoms with E-state index in [1.54, 1.807) is 23.2 Å². The van der Waals surface area contributed by atoms with Gasteiger partial charge in [-0.15, -0.1) is 0 Å². The molecule has 7 heteroatoms. The van der Waals surface area contributed by atoms with E-state index in [4.69, 9.17) is 9.47 Å². The Labute approximate surface area is 164 Å². The molecule has 2 aromatic rings. The minimum atomic E-state index is -0.506. The van der Waals surface area contributed by atoms with Gasteiger partial charge in [-0.05, 0) is 38.5 Å². The van der Waals surface area contributed by atoms with Crippen molar-refractivity contribution in [2.75, 3.05) is 18.4 Å². The van der Waals surface area contributed by atoms with Crippen LogP contribution in [0.3, 0.4) is 0 Å². The Kier molecular flexibility index (Phi) is 5.82. The molecule has 1 N–H and O–H groups in total. The van der Waals surface area contributed by atoms with Crippen molar-refractivity contribution < 1.29 is 19.1 Å². The third kappa shape index (κ3) is 5.70. The summed E-state index contributed by atoms with van der Waals surface area (Å²) in [6, 6.07) is 13.0. The van der Waals surface area contributed by atoms with Crippen LogP contribution in [-0.2, 0) is 16.0 Å². The Balaban J connectivity index is 1.43. The summed E-state index contributed by atoms with van der Waals surface area (Å²) in [6.45, 7) is 6.47. The molecule has 3 rings (SSSR count). The molecule has 1 aromatic carbocycles. The highest BCUT2D eigenvalue weighted by atomic mass is 16.6. The number of amides is 2. The van der Waals surface area contributed by atoms with E-state index < -0.39 is 5.60 Å². The van der Waals surface area contributed by atoms with E-state index in [0.717, 1.165) is 5.56 Å². The largest absolute Gasteiger partial charge is 0.485 e. The molecule has 1 saturated heterocycles. The SMILES string of the molecule is CC(C)(C)OC(=O)N1CC(Oc2ccc(NC(=O)Cc3ccccc3)nc2)C1. The van der Waals surface area contributed by atoms with Gasteiger partial charge in [0, 0.05) is 0 Å². The van der Waals surface area contributed by atoms with Gasteiger partial charge in [0.05, 0.1) is 25.7 Å². The predicted molar refractivity (Wildman–Crippen MR) is 105 cm³/mol. The first kappa shape index (κ1) is 19.7. The van der Waals surface area contributed by atoms with Crippen molar-refractivity contribution in [2.24, 2.45) is 0 Å². The van der Waals surface area contributed by atoms with E-state index in [9.17, 15) is 9.59 Å². The second-order valence-corrected chi connectivity index (χ2v) is 7.71. The molecular formula is C21H25N3O4. The van der Waals surface area contributed by atoms with Crippen LogP contribution in [0.25, 0.3) is 0 Å². The van der Waals surface area contributed by atoms with Crippen molar-refractivity contribution in [3.05, 3.63) is 54.2 Å². The average molecular weight is 383 g/mol. The molecule has 0 spiro atoms. The summed E-state index contributed by atoms with van der Waals surface area (Å²) < 4.78 is 11.1. The molecule has 0 radical (unpaired) electrons. The van der Waals surface area contributed by atoms with Crippen LogP contribution in [0.1, 0.15) is 26.3 Å². The van der Waals surface area contributed by atoms with Gasteiger partial charge in [-0.1, -0.05) is 30.3 Å². The van der Waals surface area contributed by atoms with Gasteiger partial charge in [0.1, 0.15) is 23.3 Å². The molecule has 0 unspecified atom stereocenters. The van der Waals surface area contributed by atoms with Crippen LogP contribution >= 0.6 is 0 Å². The molecule has 0 atom stereocenters. The second-order valence-electron chi connectivity index (χ2n) is 7.71. The molecule has 0 bridgehead atoms. The fraction of sp³-hybridized carbons (Fsp3) is 0.381. The number of benzene rings is 1. The Morgan fingerprint density at radius 3 is 2.46 bits per heavy atom. The van der Waals surface area contributed by atoms with E-state index in [0.29, 0.717) is 31.1 Å². The standard InChI is InChI=1S/C21H25N3O4/c1-21(2,3)28-20(26)24-13-17(14-24)27-16-9-10-18(22-12-16)23-19(25)11-15-7-5-4-6-8-15/h4-10,12,17H,11,13-14H2,1-3H3,(H,22,23,25). The van der Waals surface area contributed by atoms with E-state index in [1.165, 1.54) is 0 Å². The normalized spacial score (nSPS) is 14.2. The fourth-order valence-electron chi connectivity index (χ4n) is 2.67. The minimum Gasteiger partial charge on any atom is -0.485 e. The number of ether oxygens (including phenoxy) is 2. The van der Waals surface area contributed by atoms with E-state index in [1.807, 2.05) is 51.1 Å².